The molecule has 35 heavy (non-hydrogen) atoms. The van der Waals surface area contributed by atoms with Crippen LogP contribution in [0.15, 0.2) is 11.6 Å². The number of carboxylic acids is 1. The molecule has 4 bridgehead atoms. The van der Waals surface area contributed by atoms with Crippen LogP contribution in [0.3, 0.4) is 0 Å². The van der Waals surface area contributed by atoms with Crippen LogP contribution in [0.4, 0.5) is 0 Å². The predicted molar refractivity (Wildman–Crippen MR) is 125 cm³/mol. The molecule has 3 N–H and O–H groups in total. The third-order valence-corrected chi connectivity index (χ3v) is 10.7. The molecule has 1 saturated heterocycles. The fraction of sp³-hybridized carbons (Fsp3) is 0.852. The van der Waals surface area contributed by atoms with Crippen LogP contribution in [-0.4, -0.2) is 72.0 Å². The molecular weight excluding hydrogens is 452 g/mol. The fourth-order valence-electron chi connectivity index (χ4n) is 9.25. The number of carbonyl (C=O) groups is 2. The fourth-order valence-corrected chi connectivity index (χ4v) is 9.25. The Morgan fingerprint density at radius 1 is 1.23 bits per heavy atom. The number of ether oxygens (including phenoxy) is 3. The summed E-state index contributed by atoms with van der Waals surface area (Å²) in [5, 5.41) is 31.9. The van der Waals surface area contributed by atoms with Crippen LogP contribution < -0.4 is 0 Å². The standard InChI is InChI=1S/C27H40O8/c1-13(2)19-8-16-9-25(11-28)18-7-6-14(3)17(18)10-26(16,27(19,25)24(31)32)12-34-23-22(33-5)21(30)20(29)15(4)35-23/h8,11,13-18,20-23,29-30H,6-7,9-10,12H2,1-5H3,(H,31,32)/t14-,15-,16+,17-,18-,20-,21-,22+,23-,25-,26+,27+/m1/s1. The van der Waals surface area contributed by atoms with Crippen LogP contribution in [-0.2, 0) is 23.8 Å². The molecule has 196 valence electrons. The van der Waals surface area contributed by atoms with Crippen molar-refractivity contribution in [1.29, 1.82) is 0 Å². The first-order valence-electron chi connectivity index (χ1n) is 13.1. The summed E-state index contributed by atoms with van der Waals surface area (Å²) in [6.45, 7) is 7.99. The van der Waals surface area contributed by atoms with Crippen LogP contribution in [0.5, 0.6) is 0 Å². The molecule has 5 rings (SSSR count). The van der Waals surface area contributed by atoms with Gasteiger partial charge in [0.2, 0.25) is 0 Å². The van der Waals surface area contributed by atoms with Crippen molar-refractivity contribution in [3.05, 3.63) is 11.6 Å². The van der Waals surface area contributed by atoms with Crippen LogP contribution in [0.25, 0.3) is 0 Å². The van der Waals surface area contributed by atoms with Crippen LogP contribution in [0.1, 0.15) is 53.4 Å². The summed E-state index contributed by atoms with van der Waals surface area (Å²) in [5.41, 5.74) is -2.21. The summed E-state index contributed by atoms with van der Waals surface area (Å²) in [7, 11) is 1.42. The summed E-state index contributed by atoms with van der Waals surface area (Å²) in [6.07, 6.45) is 1.39. The van der Waals surface area contributed by atoms with Gasteiger partial charge in [0.05, 0.1) is 18.1 Å². The number of methoxy groups -OCH3 is 1. The van der Waals surface area contributed by atoms with Gasteiger partial charge in [-0.15, -0.1) is 0 Å². The number of fused-ring (bicyclic) bond motifs is 2. The highest BCUT2D eigenvalue weighted by Crippen LogP contribution is 2.82. The van der Waals surface area contributed by atoms with Crippen molar-refractivity contribution < 1.29 is 39.1 Å². The maximum atomic E-state index is 13.5. The zero-order valence-corrected chi connectivity index (χ0v) is 21.3. The molecule has 0 spiro atoms. The molecule has 4 fully saturated rings. The average molecular weight is 493 g/mol. The van der Waals surface area contributed by atoms with Gasteiger partial charge in [-0.3, -0.25) is 4.79 Å². The van der Waals surface area contributed by atoms with Crippen molar-refractivity contribution in [2.24, 2.45) is 45.8 Å². The number of allylic oxidation sites excluding steroid dienone is 1. The molecule has 0 aromatic rings. The highest BCUT2D eigenvalue weighted by atomic mass is 16.7. The number of aliphatic hydroxyl groups excluding tert-OH is 2. The SMILES string of the molecule is CO[C@@H]1[C@H](OC[C@@]23C[C@@H]4[C@H](C)CC[C@H]4[C@]4(C=O)C[C@@H]2C=C(C(C)C)[C@@]34C(=O)O)O[C@H](C)[C@@H](O)[C@H]1O. The van der Waals surface area contributed by atoms with Crippen LogP contribution in [0.2, 0.25) is 0 Å². The molecule has 3 saturated carbocycles. The number of rotatable bonds is 7. The molecule has 0 aromatic heterocycles. The molecule has 0 unspecified atom stereocenters. The van der Waals surface area contributed by atoms with Crippen molar-refractivity contribution in [2.75, 3.05) is 13.7 Å². The smallest absolute Gasteiger partial charge is 0.315 e. The van der Waals surface area contributed by atoms with Crippen molar-refractivity contribution in [1.82, 2.24) is 0 Å². The van der Waals surface area contributed by atoms with E-state index in [1.807, 2.05) is 13.8 Å². The lowest BCUT2D eigenvalue weighted by Gasteiger charge is -2.58. The van der Waals surface area contributed by atoms with Crippen molar-refractivity contribution >= 4 is 12.3 Å². The van der Waals surface area contributed by atoms with Crippen LogP contribution in [0, 0.1) is 45.8 Å². The Morgan fingerprint density at radius 2 is 1.94 bits per heavy atom. The number of carboxylic acid groups (broad SMARTS) is 1. The highest BCUT2D eigenvalue weighted by molar-refractivity contribution is 5.90. The molecule has 8 heteroatoms. The summed E-state index contributed by atoms with van der Waals surface area (Å²) in [5.74, 6) is -0.293. The Kier molecular flexibility index (Phi) is 6.04. The summed E-state index contributed by atoms with van der Waals surface area (Å²) in [4.78, 5) is 26.6. The highest BCUT2D eigenvalue weighted by Gasteiger charge is 2.84. The van der Waals surface area contributed by atoms with Gasteiger partial charge in [-0.1, -0.05) is 38.8 Å². The van der Waals surface area contributed by atoms with E-state index in [0.717, 1.165) is 24.7 Å². The molecule has 8 nitrogen and oxygen atoms in total. The molecule has 5 aliphatic rings. The topological polar surface area (TPSA) is 123 Å². The van der Waals surface area contributed by atoms with Gasteiger partial charge in [-0.05, 0) is 55.8 Å². The molecule has 0 radical (unpaired) electrons. The van der Waals surface area contributed by atoms with Gasteiger partial charge in [-0.2, -0.15) is 0 Å². The normalized spacial score (nSPS) is 52.5. The van der Waals surface area contributed by atoms with Gasteiger partial charge in [0.1, 0.15) is 30.0 Å². The van der Waals surface area contributed by atoms with Gasteiger partial charge >= 0.3 is 5.97 Å². The van der Waals surface area contributed by atoms with Gasteiger partial charge in [0.25, 0.3) is 0 Å². The van der Waals surface area contributed by atoms with Gasteiger partial charge < -0.3 is 34.3 Å². The Balaban J connectivity index is 1.59. The lowest BCUT2D eigenvalue weighted by molar-refractivity contribution is -0.308. The average Bonchev–Trinajstić information content (AvgIpc) is 3.38. The zero-order chi connectivity index (χ0) is 25.5. The Bertz CT molecular complexity index is 917. The van der Waals surface area contributed by atoms with E-state index in [0.29, 0.717) is 18.8 Å². The second-order valence-corrected chi connectivity index (χ2v) is 12.2. The minimum atomic E-state index is -1.33. The number of hydrogen-bond donors (Lipinski definition) is 3. The second kappa shape index (κ2) is 8.35. The molecule has 12 atom stereocenters. The van der Waals surface area contributed by atoms with E-state index in [1.54, 1.807) is 6.92 Å². The van der Waals surface area contributed by atoms with Gasteiger partial charge in [0, 0.05) is 12.5 Å². The number of aliphatic carboxylic acids is 1. The number of aldehydes is 1. The predicted octanol–water partition coefficient (Wildman–Crippen LogP) is 2.41. The Labute approximate surface area is 207 Å². The van der Waals surface area contributed by atoms with Gasteiger partial charge in [0.15, 0.2) is 6.29 Å². The largest absolute Gasteiger partial charge is 0.481 e. The Hall–Kier alpha value is -1.32. The third-order valence-electron chi connectivity index (χ3n) is 10.7. The molecule has 4 aliphatic carbocycles. The monoisotopic (exact) mass is 492 g/mol. The van der Waals surface area contributed by atoms with Gasteiger partial charge in [-0.25, -0.2) is 0 Å². The Morgan fingerprint density at radius 3 is 2.54 bits per heavy atom. The first kappa shape index (κ1) is 25.3. The first-order valence-corrected chi connectivity index (χ1v) is 13.1. The van der Waals surface area contributed by atoms with E-state index in [1.165, 1.54) is 7.11 Å². The first-order chi connectivity index (χ1) is 16.5. The van der Waals surface area contributed by atoms with Crippen LogP contribution >= 0.6 is 0 Å². The zero-order valence-electron chi connectivity index (χ0n) is 21.3. The number of hydrogen-bond acceptors (Lipinski definition) is 7. The number of carbonyl (C=O) groups excluding carboxylic acids is 1. The van der Waals surface area contributed by atoms with E-state index in [9.17, 15) is 24.9 Å². The van der Waals surface area contributed by atoms with Crippen molar-refractivity contribution in [3.8, 4) is 0 Å². The number of aliphatic hydroxyl groups is 2. The summed E-state index contributed by atoms with van der Waals surface area (Å²) >= 11 is 0. The maximum Gasteiger partial charge on any atom is 0.315 e. The lowest BCUT2D eigenvalue weighted by Crippen LogP contribution is -2.64. The van der Waals surface area contributed by atoms with E-state index < -0.39 is 52.9 Å². The second-order valence-electron chi connectivity index (χ2n) is 12.2. The van der Waals surface area contributed by atoms with Crippen molar-refractivity contribution in [2.45, 2.75) is 84.1 Å². The molecule has 0 aromatic carbocycles. The molecule has 0 amide bonds. The van der Waals surface area contributed by atoms with Crippen molar-refractivity contribution in [3.63, 3.8) is 0 Å². The van der Waals surface area contributed by atoms with E-state index in [4.69, 9.17) is 14.2 Å². The summed E-state index contributed by atoms with van der Waals surface area (Å²) in [6, 6.07) is 0. The lowest BCUT2D eigenvalue weighted by atomic mass is 9.43. The minimum Gasteiger partial charge on any atom is -0.481 e. The minimum absolute atomic E-state index is 0.0138. The molecular formula is C27H40O8. The summed E-state index contributed by atoms with van der Waals surface area (Å²) < 4.78 is 17.7. The van der Waals surface area contributed by atoms with E-state index >= 15 is 0 Å². The maximum absolute atomic E-state index is 13.5. The molecule has 1 aliphatic heterocycles. The van der Waals surface area contributed by atoms with E-state index in [2.05, 4.69) is 13.0 Å². The van der Waals surface area contributed by atoms with E-state index in [-0.39, 0.29) is 30.3 Å². The molecule has 1 heterocycles. The quantitative estimate of drug-likeness (QED) is 0.366. The third kappa shape index (κ3) is 2.92.